The lowest BCUT2D eigenvalue weighted by atomic mass is 9.95. The van der Waals surface area contributed by atoms with Crippen molar-refractivity contribution in [2.45, 2.75) is 58.0 Å². The van der Waals surface area contributed by atoms with E-state index in [4.69, 9.17) is 0 Å². The number of hydrogen-bond donors (Lipinski definition) is 2. The van der Waals surface area contributed by atoms with E-state index in [1.807, 2.05) is 13.8 Å². The fourth-order valence-corrected chi connectivity index (χ4v) is 3.20. The van der Waals surface area contributed by atoms with Gasteiger partial charge >= 0.3 is 0 Å². The molecule has 6 heteroatoms. The van der Waals surface area contributed by atoms with Gasteiger partial charge < -0.3 is 10.3 Å². The van der Waals surface area contributed by atoms with Crippen molar-refractivity contribution in [2.24, 2.45) is 0 Å². The Bertz CT molecular complexity index is 810. The lowest BCUT2D eigenvalue weighted by Crippen LogP contribution is -2.35. The van der Waals surface area contributed by atoms with Gasteiger partial charge in [-0.05, 0) is 38.8 Å². The van der Waals surface area contributed by atoms with Crippen molar-refractivity contribution in [1.82, 2.24) is 20.1 Å². The van der Waals surface area contributed by atoms with Crippen LogP contribution in [0.15, 0.2) is 23.1 Å². The Labute approximate surface area is 140 Å². The number of pyridine rings is 1. The van der Waals surface area contributed by atoms with Crippen LogP contribution in [0.2, 0.25) is 0 Å². The molecule has 128 valence electrons. The molecule has 1 aliphatic rings. The van der Waals surface area contributed by atoms with Crippen molar-refractivity contribution in [3.05, 3.63) is 34.3 Å². The van der Waals surface area contributed by atoms with E-state index >= 15 is 0 Å². The first kappa shape index (κ1) is 16.5. The third-order valence-corrected chi connectivity index (χ3v) is 4.48. The molecule has 3 rings (SSSR count). The molecule has 2 aromatic heterocycles. The fraction of sp³-hybridized carbons (Fsp3) is 0.500. The first-order valence-corrected chi connectivity index (χ1v) is 8.63. The van der Waals surface area contributed by atoms with Gasteiger partial charge in [-0.25, -0.2) is 4.68 Å². The molecule has 0 radical (unpaired) electrons. The van der Waals surface area contributed by atoms with Crippen LogP contribution in [0.4, 0.5) is 0 Å². The second-order valence-electron chi connectivity index (χ2n) is 6.72. The first-order chi connectivity index (χ1) is 11.5. The maximum atomic E-state index is 12.2. The van der Waals surface area contributed by atoms with Gasteiger partial charge in [0.15, 0.2) is 0 Å². The zero-order valence-electron chi connectivity index (χ0n) is 14.2. The predicted molar refractivity (Wildman–Crippen MR) is 94.8 cm³/mol. The quantitative estimate of drug-likeness (QED) is 0.847. The van der Waals surface area contributed by atoms with E-state index in [-0.39, 0.29) is 23.6 Å². The summed E-state index contributed by atoms with van der Waals surface area (Å²) in [4.78, 5) is 27.1. The Morgan fingerprint density at radius 2 is 2.12 bits per heavy atom. The lowest BCUT2D eigenvalue weighted by Gasteiger charge is -2.21. The smallest absolute Gasteiger partial charge is 0.256 e. The van der Waals surface area contributed by atoms with E-state index in [1.54, 1.807) is 23.0 Å². The Morgan fingerprint density at radius 3 is 2.83 bits per heavy atom. The predicted octanol–water partition coefficient (Wildman–Crippen LogP) is 2.77. The fourth-order valence-electron chi connectivity index (χ4n) is 3.20. The maximum Gasteiger partial charge on any atom is 0.256 e. The summed E-state index contributed by atoms with van der Waals surface area (Å²) in [6.45, 7) is 4.02. The van der Waals surface area contributed by atoms with Crippen LogP contribution in [0, 0.1) is 0 Å². The Balaban J connectivity index is 1.75. The molecule has 1 aliphatic carbocycles. The van der Waals surface area contributed by atoms with Gasteiger partial charge in [-0.15, -0.1) is 0 Å². The molecule has 2 N–H and O–H groups in total. The zero-order valence-corrected chi connectivity index (χ0v) is 14.2. The molecule has 0 bridgehead atoms. The summed E-state index contributed by atoms with van der Waals surface area (Å²) in [6.07, 6.45) is 10.4. The molecule has 0 aliphatic heterocycles. The minimum Gasteiger partial charge on any atom is -0.350 e. The Hall–Kier alpha value is -2.37. The molecule has 0 spiro atoms. The average molecular weight is 328 g/mol. The summed E-state index contributed by atoms with van der Waals surface area (Å²) in [5.41, 5.74) is 0.954. The van der Waals surface area contributed by atoms with Crippen molar-refractivity contribution in [2.75, 3.05) is 0 Å². The summed E-state index contributed by atoms with van der Waals surface area (Å²) in [7, 11) is 0. The number of H-pyrrole nitrogens is 1. The molecule has 0 unspecified atom stereocenters. The molecule has 1 saturated carbocycles. The Morgan fingerprint density at radius 1 is 1.38 bits per heavy atom. The number of fused-ring (bicyclic) bond motifs is 1. The summed E-state index contributed by atoms with van der Waals surface area (Å²) in [6, 6.07) is 2.20. The second kappa shape index (κ2) is 7.03. The monoisotopic (exact) mass is 328 g/mol. The topological polar surface area (TPSA) is 79.8 Å². The number of aromatic nitrogens is 3. The highest BCUT2D eigenvalue weighted by molar-refractivity contribution is 5.92. The molecule has 24 heavy (non-hydrogen) atoms. The van der Waals surface area contributed by atoms with E-state index in [2.05, 4.69) is 15.4 Å². The highest BCUT2D eigenvalue weighted by atomic mass is 16.1. The van der Waals surface area contributed by atoms with Crippen molar-refractivity contribution < 1.29 is 4.79 Å². The van der Waals surface area contributed by atoms with Gasteiger partial charge in [-0.2, -0.15) is 5.10 Å². The van der Waals surface area contributed by atoms with Crippen LogP contribution in [0.1, 0.15) is 57.6 Å². The van der Waals surface area contributed by atoms with Gasteiger partial charge in [0.1, 0.15) is 5.65 Å². The van der Waals surface area contributed by atoms with E-state index in [9.17, 15) is 9.59 Å². The van der Waals surface area contributed by atoms with Crippen LogP contribution in [-0.4, -0.2) is 26.7 Å². The summed E-state index contributed by atoms with van der Waals surface area (Å²) in [5.74, 6) is -0.140. The van der Waals surface area contributed by atoms with Crippen LogP contribution in [-0.2, 0) is 4.79 Å². The number of aromatic amines is 1. The van der Waals surface area contributed by atoms with Crippen LogP contribution in [0.3, 0.4) is 0 Å². The third-order valence-electron chi connectivity index (χ3n) is 4.48. The summed E-state index contributed by atoms with van der Waals surface area (Å²) >= 11 is 0. The maximum absolute atomic E-state index is 12.2. The first-order valence-electron chi connectivity index (χ1n) is 8.63. The molecule has 1 amide bonds. The molecule has 2 aromatic rings. The second-order valence-corrected chi connectivity index (χ2v) is 6.72. The standard InChI is InChI=1S/C18H24N4O2/c1-12(2)22-17-14(11-19-22)10-13(18(24)21-17)8-9-16(23)20-15-6-4-3-5-7-15/h8-12,15H,3-7H2,1-2H3,(H,20,23)(H,21,24). The van der Waals surface area contributed by atoms with Crippen molar-refractivity contribution in [3.8, 4) is 0 Å². The highest BCUT2D eigenvalue weighted by Gasteiger charge is 2.14. The van der Waals surface area contributed by atoms with Gasteiger partial charge in [0.25, 0.3) is 5.56 Å². The third kappa shape index (κ3) is 3.58. The number of carbonyl (C=O) groups is 1. The van der Waals surface area contributed by atoms with Gasteiger partial charge in [0.2, 0.25) is 5.91 Å². The number of amides is 1. The van der Waals surface area contributed by atoms with Crippen LogP contribution in [0.5, 0.6) is 0 Å². The molecule has 2 heterocycles. The van der Waals surface area contributed by atoms with E-state index < -0.39 is 0 Å². The zero-order chi connectivity index (χ0) is 17.1. The van der Waals surface area contributed by atoms with Crippen LogP contribution >= 0.6 is 0 Å². The van der Waals surface area contributed by atoms with Crippen molar-refractivity contribution in [3.63, 3.8) is 0 Å². The van der Waals surface area contributed by atoms with Gasteiger partial charge in [-0.1, -0.05) is 19.3 Å². The minimum absolute atomic E-state index is 0.140. The molecule has 0 aromatic carbocycles. The molecular formula is C18H24N4O2. The molecule has 0 saturated heterocycles. The van der Waals surface area contributed by atoms with E-state index in [1.165, 1.54) is 25.3 Å². The van der Waals surface area contributed by atoms with Gasteiger partial charge in [-0.3, -0.25) is 9.59 Å². The highest BCUT2D eigenvalue weighted by Crippen LogP contribution is 2.17. The average Bonchev–Trinajstić information content (AvgIpc) is 2.96. The molecule has 6 nitrogen and oxygen atoms in total. The van der Waals surface area contributed by atoms with Crippen LogP contribution in [0.25, 0.3) is 17.1 Å². The number of nitrogens with one attached hydrogen (secondary N) is 2. The minimum atomic E-state index is -0.216. The lowest BCUT2D eigenvalue weighted by molar-refractivity contribution is -0.117. The SMILES string of the molecule is CC(C)n1ncc2cc(C=CC(=O)NC3CCCCC3)c(=O)[nH]c21. The largest absolute Gasteiger partial charge is 0.350 e. The van der Waals surface area contributed by atoms with Crippen LogP contribution < -0.4 is 10.9 Å². The number of carbonyl (C=O) groups excluding carboxylic acids is 1. The number of hydrogen-bond acceptors (Lipinski definition) is 3. The summed E-state index contributed by atoms with van der Waals surface area (Å²) < 4.78 is 1.78. The molecule has 0 atom stereocenters. The van der Waals surface area contributed by atoms with Gasteiger partial charge in [0.05, 0.1) is 6.20 Å². The Kier molecular flexibility index (Phi) is 4.83. The number of rotatable bonds is 4. The van der Waals surface area contributed by atoms with Gasteiger partial charge in [0, 0.05) is 29.1 Å². The molecular weight excluding hydrogens is 304 g/mol. The van der Waals surface area contributed by atoms with E-state index in [0.29, 0.717) is 11.2 Å². The van der Waals surface area contributed by atoms with E-state index in [0.717, 1.165) is 18.2 Å². The molecule has 1 fully saturated rings. The normalized spacial score (nSPS) is 16.3. The van der Waals surface area contributed by atoms with Crippen molar-refractivity contribution >= 4 is 23.0 Å². The van der Waals surface area contributed by atoms with Crippen molar-refractivity contribution in [1.29, 1.82) is 0 Å². The number of nitrogens with zero attached hydrogens (tertiary/aromatic N) is 2. The summed E-state index contributed by atoms with van der Waals surface area (Å²) in [5, 5.41) is 8.16.